The summed E-state index contributed by atoms with van der Waals surface area (Å²) in [5.74, 6) is 0.276. The van der Waals surface area contributed by atoms with Crippen LogP contribution in [-0.2, 0) is 4.79 Å². The van der Waals surface area contributed by atoms with Crippen molar-refractivity contribution < 1.29 is 18.7 Å². The predicted octanol–water partition coefficient (Wildman–Crippen LogP) is 6.35. The van der Waals surface area contributed by atoms with E-state index in [1.165, 1.54) is 17.0 Å². The molecule has 1 aromatic heterocycles. The summed E-state index contributed by atoms with van der Waals surface area (Å²) in [5.41, 5.74) is 2.67. The molecule has 8 nitrogen and oxygen atoms in total. The van der Waals surface area contributed by atoms with E-state index in [9.17, 15) is 14.0 Å². The van der Waals surface area contributed by atoms with Gasteiger partial charge in [0.25, 0.3) is 0 Å². The molecular formula is C30H32FN5O3. The number of halogens is 1. The molecule has 0 radical (unpaired) electrons. The van der Waals surface area contributed by atoms with E-state index in [1.54, 1.807) is 54.3 Å². The molecule has 0 fully saturated rings. The lowest BCUT2D eigenvalue weighted by atomic mass is 10.1. The number of aromatic nitrogens is 2. The Kier molecular flexibility index (Phi) is 9.29. The van der Waals surface area contributed by atoms with Crippen molar-refractivity contribution in [3.63, 3.8) is 0 Å². The fourth-order valence-corrected chi connectivity index (χ4v) is 4.06. The summed E-state index contributed by atoms with van der Waals surface area (Å²) in [6.45, 7) is 2.34. The maximum absolute atomic E-state index is 13.6. The van der Waals surface area contributed by atoms with Gasteiger partial charge in [-0.25, -0.2) is 13.9 Å². The Hall–Kier alpha value is -4.66. The Morgan fingerprint density at radius 1 is 0.949 bits per heavy atom. The number of urea groups is 1. The molecule has 9 heteroatoms. The van der Waals surface area contributed by atoms with Gasteiger partial charge >= 0.3 is 6.03 Å². The summed E-state index contributed by atoms with van der Waals surface area (Å²) < 4.78 is 20.4. The fraction of sp³-hybridized carbons (Fsp3) is 0.233. The summed E-state index contributed by atoms with van der Waals surface area (Å²) >= 11 is 0. The molecule has 4 rings (SSSR count). The van der Waals surface area contributed by atoms with Gasteiger partial charge in [-0.2, -0.15) is 5.10 Å². The molecule has 39 heavy (non-hydrogen) atoms. The molecule has 2 N–H and O–H groups in total. The molecule has 3 aromatic carbocycles. The Balaban J connectivity index is 1.54. The molecule has 0 saturated heterocycles. The largest absolute Gasteiger partial charge is 0.497 e. The van der Waals surface area contributed by atoms with E-state index in [-0.39, 0.29) is 24.3 Å². The molecule has 0 aliphatic rings. The highest BCUT2D eigenvalue weighted by atomic mass is 19.1. The lowest BCUT2D eigenvalue weighted by Gasteiger charge is -2.23. The molecule has 3 amide bonds. The van der Waals surface area contributed by atoms with Gasteiger partial charge in [0.1, 0.15) is 23.9 Å². The van der Waals surface area contributed by atoms with Crippen LogP contribution < -0.4 is 15.4 Å². The molecule has 0 aliphatic heterocycles. The molecule has 0 atom stereocenters. The molecule has 0 saturated carbocycles. The predicted molar refractivity (Wildman–Crippen MR) is 151 cm³/mol. The minimum Gasteiger partial charge on any atom is -0.497 e. The molecule has 202 valence electrons. The third-order valence-corrected chi connectivity index (χ3v) is 6.09. The lowest BCUT2D eigenvalue weighted by molar-refractivity contribution is -0.116. The number of carbonyl (C=O) groups excluding carboxylic acids is 2. The van der Waals surface area contributed by atoms with Gasteiger partial charge in [-0.15, -0.1) is 0 Å². The first kappa shape index (κ1) is 27.4. The molecule has 1 heterocycles. The van der Waals surface area contributed by atoms with E-state index in [2.05, 4.69) is 22.7 Å². The van der Waals surface area contributed by atoms with Gasteiger partial charge in [0, 0.05) is 29.9 Å². The first-order chi connectivity index (χ1) is 19.0. The second-order valence-electron chi connectivity index (χ2n) is 9.01. The van der Waals surface area contributed by atoms with Gasteiger partial charge in [-0.3, -0.25) is 4.79 Å². The average molecular weight is 530 g/mol. The highest BCUT2D eigenvalue weighted by molar-refractivity contribution is 5.97. The SMILES string of the molecule is CCCCCN(CC(=O)Nc1cc(-c2ccccc2)nn1-c1ccc(F)cc1)C(=O)Nc1cccc(OC)c1. The fourth-order valence-electron chi connectivity index (χ4n) is 4.06. The Morgan fingerprint density at radius 3 is 2.44 bits per heavy atom. The number of nitrogens with zero attached hydrogens (tertiary/aromatic N) is 3. The van der Waals surface area contributed by atoms with Crippen LogP contribution in [0.5, 0.6) is 5.75 Å². The van der Waals surface area contributed by atoms with E-state index < -0.39 is 0 Å². The summed E-state index contributed by atoms with van der Waals surface area (Å²) in [6, 6.07) is 23.8. The van der Waals surface area contributed by atoms with E-state index in [1.807, 2.05) is 30.3 Å². The van der Waals surface area contributed by atoms with E-state index >= 15 is 0 Å². The molecule has 0 unspecified atom stereocenters. The summed E-state index contributed by atoms with van der Waals surface area (Å²) in [5, 5.41) is 10.4. The van der Waals surface area contributed by atoms with Gasteiger partial charge in [0.2, 0.25) is 5.91 Å². The number of unbranched alkanes of at least 4 members (excludes halogenated alkanes) is 2. The van der Waals surface area contributed by atoms with Crippen molar-refractivity contribution in [2.45, 2.75) is 26.2 Å². The zero-order valence-electron chi connectivity index (χ0n) is 22.1. The average Bonchev–Trinajstić information content (AvgIpc) is 3.37. The number of anilines is 2. The third kappa shape index (κ3) is 7.44. The summed E-state index contributed by atoms with van der Waals surface area (Å²) in [6.07, 6.45) is 2.68. The van der Waals surface area contributed by atoms with Crippen molar-refractivity contribution >= 4 is 23.4 Å². The Morgan fingerprint density at radius 2 is 1.72 bits per heavy atom. The maximum Gasteiger partial charge on any atom is 0.322 e. The quantitative estimate of drug-likeness (QED) is 0.222. The minimum absolute atomic E-state index is 0.158. The Bertz CT molecular complexity index is 1390. The normalized spacial score (nSPS) is 10.6. The van der Waals surface area contributed by atoms with Crippen molar-refractivity contribution in [2.75, 3.05) is 30.8 Å². The van der Waals surface area contributed by atoms with Crippen LogP contribution >= 0.6 is 0 Å². The number of benzene rings is 3. The van der Waals surface area contributed by atoms with Crippen molar-refractivity contribution in [3.8, 4) is 22.7 Å². The molecule has 4 aromatic rings. The highest BCUT2D eigenvalue weighted by Gasteiger charge is 2.20. The molecule has 0 aliphatic carbocycles. The van der Waals surface area contributed by atoms with Crippen molar-refractivity contribution in [3.05, 3.63) is 90.7 Å². The number of carbonyl (C=O) groups is 2. The van der Waals surface area contributed by atoms with Crippen molar-refractivity contribution in [1.82, 2.24) is 14.7 Å². The molecule has 0 spiro atoms. The first-order valence-corrected chi connectivity index (χ1v) is 12.9. The van der Waals surface area contributed by atoms with E-state index in [0.29, 0.717) is 35.2 Å². The van der Waals surface area contributed by atoms with Gasteiger partial charge < -0.3 is 20.3 Å². The minimum atomic E-state index is -0.383. The van der Waals surface area contributed by atoms with E-state index in [4.69, 9.17) is 4.74 Å². The number of hydrogen-bond donors (Lipinski definition) is 2. The smallest absolute Gasteiger partial charge is 0.322 e. The van der Waals surface area contributed by atoms with Crippen LogP contribution in [0.15, 0.2) is 84.9 Å². The number of nitrogens with one attached hydrogen (secondary N) is 2. The number of hydrogen-bond acceptors (Lipinski definition) is 4. The lowest BCUT2D eigenvalue weighted by Crippen LogP contribution is -2.41. The monoisotopic (exact) mass is 529 g/mol. The van der Waals surface area contributed by atoms with Crippen LogP contribution in [0.25, 0.3) is 16.9 Å². The van der Waals surface area contributed by atoms with Crippen LogP contribution in [0.2, 0.25) is 0 Å². The second-order valence-corrected chi connectivity index (χ2v) is 9.01. The standard InChI is InChI=1S/C30H32FN5O3/c1-3-4-8-18-35(30(38)32-24-12-9-13-26(19-24)39-2)21-29(37)33-28-20-27(22-10-6-5-7-11-22)34-36(28)25-16-14-23(31)15-17-25/h5-7,9-17,19-20H,3-4,8,18,21H2,1-2H3,(H,32,38)(H,33,37). The molecule has 0 bridgehead atoms. The van der Waals surface area contributed by atoms with Gasteiger partial charge in [-0.05, 0) is 42.8 Å². The van der Waals surface area contributed by atoms with Crippen molar-refractivity contribution in [1.29, 1.82) is 0 Å². The molecular weight excluding hydrogens is 497 g/mol. The Labute approximate surface area is 227 Å². The highest BCUT2D eigenvalue weighted by Crippen LogP contribution is 2.25. The maximum atomic E-state index is 13.6. The summed E-state index contributed by atoms with van der Waals surface area (Å²) in [7, 11) is 1.56. The third-order valence-electron chi connectivity index (χ3n) is 6.09. The van der Waals surface area contributed by atoms with Crippen LogP contribution in [0, 0.1) is 5.82 Å². The van der Waals surface area contributed by atoms with Crippen LogP contribution in [0.4, 0.5) is 20.7 Å². The zero-order valence-corrected chi connectivity index (χ0v) is 22.1. The van der Waals surface area contributed by atoms with Gasteiger partial charge in [-0.1, -0.05) is 56.2 Å². The van der Waals surface area contributed by atoms with E-state index in [0.717, 1.165) is 24.8 Å². The number of rotatable bonds is 11. The number of ether oxygens (including phenoxy) is 1. The van der Waals surface area contributed by atoms with Crippen molar-refractivity contribution in [2.24, 2.45) is 0 Å². The zero-order chi connectivity index (χ0) is 27.6. The van der Waals surface area contributed by atoms with Gasteiger partial charge in [0.15, 0.2) is 0 Å². The van der Waals surface area contributed by atoms with Crippen LogP contribution in [0.1, 0.15) is 26.2 Å². The van der Waals surface area contributed by atoms with Gasteiger partial charge in [0.05, 0.1) is 18.5 Å². The van der Waals surface area contributed by atoms with Crippen LogP contribution in [-0.4, -0.2) is 46.8 Å². The number of methoxy groups -OCH3 is 1. The van der Waals surface area contributed by atoms with Crippen LogP contribution in [0.3, 0.4) is 0 Å². The second kappa shape index (κ2) is 13.2. The topological polar surface area (TPSA) is 88.5 Å². The number of amides is 3. The summed E-state index contributed by atoms with van der Waals surface area (Å²) in [4.78, 5) is 27.9. The first-order valence-electron chi connectivity index (χ1n) is 12.9.